The first-order chi connectivity index (χ1) is 10.3. The number of imidazole rings is 1. The molecule has 0 fully saturated rings. The molecule has 0 spiro atoms. The van der Waals surface area contributed by atoms with Gasteiger partial charge < -0.3 is 10.1 Å². The molecule has 2 aromatic heterocycles. The number of hydrogen-bond donors (Lipinski definition) is 1. The minimum absolute atomic E-state index is 0.0870. The summed E-state index contributed by atoms with van der Waals surface area (Å²) in [7, 11) is 0. The van der Waals surface area contributed by atoms with Gasteiger partial charge in [-0.05, 0) is 19.4 Å². The maximum atomic E-state index is 6.02. The number of benzene rings is 1. The van der Waals surface area contributed by atoms with Crippen LogP contribution in [0.4, 0.5) is 5.82 Å². The molecule has 1 aromatic carbocycles. The SMILES string of the molecule is CCNc1cn2ccnc2c(OC(C)c2ccccc2)n1. The van der Waals surface area contributed by atoms with Gasteiger partial charge in [0.15, 0.2) is 0 Å². The van der Waals surface area contributed by atoms with Crippen molar-refractivity contribution in [2.75, 3.05) is 11.9 Å². The Hall–Kier alpha value is -2.56. The van der Waals surface area contributed by atoms with E-state index in [1.54, 1.807) is 6.20 Å². The highest BCUT2D eigenvalue weighted by atomic mass is 16.5. The van der Waals surface area contributed by atoms with Gasteiger partial charge in [0.2, 0.25) is 5.65 Å². The van der Waals surface area contributed by atoms with Crippen molar-refractivity contribution < 1.29 is 4.74 Å². The number of rotatable bonds is 5. The third kappa shape index (κ3) is 2.81. The van der Waals surface area contributed by atoms with E-state index in [1.807, 2.05) is 61.0 Å². The van der Waals surface area contributed by atoms with Gasteiger partial charge in [0.25, 0.3) is 5.88 Å². The topological polar surface area (TPSA) is 51.5 Å². The van der Waals surface area contributed by atoms with E-state index in [0.29, 0.717) is 5.88 Å². The zero-order valence-corrected chi connectivity index (χ0v) is 12.2. The molecule has 0 saturated carbocycles. The van der Waals surface area contributed by atoms with Crippen LogP contribution >= 0.6 is 0 Å². The van der Waals surface area contributed by atoms with E-state index >= 15 is 0 Å². The molecule has 21 heavy (non-hydrogen) atoms. The second-order valence-electron chi connectivity index (χ2n) is 4.79. The highest BCUT2D eigenvalue weighted by Gasteiger charge is 2.13. The zero-order valence-electron chi connectivity index (χ0n) is 12.2. The molecule has 0 radical (unpaired) electrons. The van der Waals surface area contributed by atoms with E-state index in [-0.39, 0.29) is 6.10 Å². The fraction of sp³-hybridized carbons (Fsp3) is 0.250. The van der Waals surface area contributed by atoms with Crippen LogP contribution in [-0.4, -0.2) is 20.9 Å². The molecule has 0 aliphatic carbocycles. The first kappa shape index (κ1) is 13.4. The maximum Gasteiger partial charge on any atom is 0.260 e. The molecule has 3 rings (SSSR count). The Kier molecular flexibility index (Phi) is 3.73. The molecule has 0 saturated heterocycles. The molecule has 1 atom stereocenters. The summed E-state index contributed by atoms with van der Waals surface area (Å²) in [4.78, 5) is 8.83. The summed E-state index contributed by atoms with van der Waals surface area (Å²) in [5.41, 5.74) is 1.83. The average Bonchev–Trinajstić information content (AvgIpc) is 2.97. The number of nitrogens with one attached hydrogen (secondary N) is 1. The molecule has 0 amide bonds. The quantitative estimate of drug-likeness (QED) is 0.780. The van der Waals surface area contributed by atoms with E-state index in [1.165, 1.54) is 0 Å². The lowest BCUT2D eigenvalue weighted by molar-refractivity contribution is 0.219. The molecule has 2 heterocycles. The van der Waals surface area contributed by atoms with Crippen LogP contribution in [0.5, 0.6) is 5.88 Å². The van der Waals surface area contributed by atoms with Crippen LogP contribution in [-0.2, 0) is 0 Å². The third-order valence-corrected chi connectivity index (χ3v) is 3.26. The first-order valence-corrected chi connectivity index (χ1v) is 7.07. The summed E-state index contributed by atoms with van der Waals surface area (Å²) < 4.78 is 7.94. The van der Waals surface area contributed by atoms with Crippen molar-refractivity contribution in [1.82, 2.24) is 14.4 Å². The van der Waals surface area contributed by atoms with Crippen LogP contribution in [0, 0.1) is 0 Å². The fourth-order valence-corrected chi connectivity index (χ4v) is 2.21. The molecule has 3 aromatic rings. The molecule has 5 heteroatoms. The minimum Gasteiger partial charge on any atom is -0.467 e. The van der Waals surface area contributed by atoms with Gasteiger partial charge in [-0.15, -0.1) is 0 Å². The van der Waals surface area contributed by atoms with E-state index in [4.69, 9.17) is 4.74 Å². The monoisotopic (exact) mass is 282 g/mol. The van der Waals surface area contributed by atoms with E-state index in [2.05, 4.69) is 15.3 Å². The summed E-state index contributed by atoms with van der Waals surface area (Å²) in [6.45, 7) is 4.85. The summed E-state index contributed by atoms with van der Waals surface area (Å²) in [5.74, 6) is 1.31. The lowest BCUT2D eigenvalue weighted by Crippen LogP contribution is -2.08. The highest BCUT2D eigenvalue weighted by Crippen LogP contribution is 2.24. The Morgan fingerprint density at radius 3 is 2.86 bits per heavy atom. The number of nitrogens with zero attached hydrogens (tertiary/aromatic N) is 3. The lowest BCUT2D eigenvalue weighted by atomic mass is 10.1. The number of ether oxygens (including phenoxy) is 1. The predicted molar refractivity (Wildman–Crippen MR) is 82.6 cm³/mol. The van der Waals surface area contributed by atoms with Crippen molar-refractivity contribution in [3.05, 3.63) is 54.5 Å². The van der Waals surface area contributed by atoms with Crippen molar-refractivity contribution in [2.24, 2.45) is 0 Å². The normalized spacial score (nSPS) is 12.3. The third-order valence-electron chi connectivity index (χ3n) is 3.26. The molecular formula is C16H18N4O. The highest BCUT2D eigenvalue weighted by molar-refractivity contribution is 5.53. The Balaban J connectivity index is 1.93. The van der Waals surface area contributed by atoms with Crippen molar-refractivity contribution in [3.63, 3.8) is 0 Å². The maximum absolute atomic E-state index is 6.02. The van der Waals surface area contributed by atoms with Gasteiger partial charge in [0, 0.05) is 18.9 Å². The Morgan fingerprint density at radius 2 is 2.10 bits per heavy atom. The average molecular weight is 282 g/mol. The first-order valence-electron chi connectivity index (χ1n) is 7.07. The summed E-state index contributed by atoms with van der Waals surface area (Å²) in [5, 5.41) is 3.20. The van der Waals surface area contributed by atoms with Crippen LogP contribution in [0.3, 0.4) is 0 Å². The fourth-order valence-electron chi connectivity index (χ4n) is 2.21. The van der Waals surface area contributed by atoms with Gasteiger partial charge in [-0.1, -0.05) is 30.3 Å². The van der Waals surface area contributed by atoms with Crippen LogP contribution in [0.25, 0.3) is 5.65 Å². The largest absolute Gasteiger partial charge is 0.467 e. The van der Waals surface area contributed by atoms with Gasteiger partial charge in [0.05, 0.1) is 6.20 Å². The van der Waals surface area contributed by atoms with Crippen molar-refractivity contribution in [2.45, 2.75) is 20.0 Å². The molecule has 0 aliphatic heterocycles. The Morgan fingerprint density at radius 1 is 1.29 bits per heavy atom. The Bertz CT molecular complexity index is 723. The second kappa shape index (κ2) is 5.83. The van der Waals surface area contributed by atoms with Gasteiger partial charge in [0.1, 0.15) is 11.9 Å². The van der Waals surface area contributed by atoms with Gasteiger partial charge >= 0.3 is 0 Å². The van der Waals surface area contributed by atoms with Crippen LogP contribution < -0.4 is 10.1 Å². The second-order valence-corrected chi connectivity index (χ2v) is 4.79. The number of fused-ring (bicyclic) bond motifs is 1. The van der Waals surface area contributed by atoms with Gasteiger partial charge in [-0.2, -0.15) is 4.98 Å². The van der Waals surface area contributed by atoms with Crippen LogP contribution in [0.1, 0.15) is 25.5 Å². The van der Waals surface area contributed by atoms with Crippen molar-refractivity contribution >= 4 is 11.5 Å². The number of anilines is 1. The molecule has 108 valence electrons. The standard InChI is InChI=1S/C16H18N4O/c1-3-17-14-11-20-10-9-18-15(20)16(19-14)21-12(2)13-7-5-4-6-8-13/h4-12,17H,3H2,1-2H3. The van der Waals surface area contributed by atoms with Crippen LogP contribution in [0.15, 0.2) is 48.9 Å². The molecule has 0 bridgehead atoms. The smallest absolute Gasteiger partial charge is 0.260 e. The number of aromatic nitrogens is 3. The Labute approximate surface area is 123 Å². The molecule has 5 nitrogen and oxygen atoms in total. The van der Waals surface area contributed by atoms with Crippen molar-refractivity contribution in [1.29, 1.82) is 0 Å². The van der Waals surface area contributed by atoms with E-state index in [0.717, 1.165) is 23.6 Å². The summed E-state index contributed by atoms with van der Waals surface area (Å²) in [6.07, 6.45) is 5.45. The van der Waals surface area contributed by atoms with Gasteiger partial charge in [-0.3, -0.25) is 4.40 Å². The molecular weight excluding hydrogens is 264 g/mol. The van der Waals surface area contributed by atoms with Crippen LogP contribution in [0.2, 0.25) is 0 Å². The lowest BCUT2D eigenvalue weighted by Gasteiger charge is -2.15. The summed E-state index contributed by atoms with van der Waals surface area (Å²) >= 11 is 0. The molecule has 1 unspecified atom stereocenters. The molecule has 0 aliphatic rings. The number of hydrogen-bond acceptors (Lipinski definition) is 4. The minimum atomic E-state index is -0.0870. The van der Waals surface area contributed by atoms with E-state index < -0.39 is 0 Å². The zero-order chi connectivity index (χ0) is 14.7. The van der Waals surface area contributed by atoms with E-state index in [9.17, 15) is 0 Å². The molecule has 1 N–H and O–H groups in total. The van der Waals surface area contributed by atoms with Crippen molar-refractivity contribution in [3.8, 4) is 5.88 Å². The van der Waals surface area contributed by atoms with Gasteiger partial charge in [-0.25, -0.2) is 4.98 Å². The predicted octanol–water partition coefficient (Wildman–Crippen LogP) is 3.30. The summed E-state index contributed by atoms with van der Waals surface area (Å²) in [6, 6.07) is 10.1.